The number of hydrogen-bond donors (Lipinski definition) is 1. The van der Waals surface area contributed by atoms with Crippen LogP contribution in [0.4, 0.5) is 0 Å². The second kappa shape index (κ2) is 6.38. The van der Waals surface area contributed by atoms with Crippen molar-refractivity contribution in [3.05, 3.63) is 52.3 Å². The van der Waals surface area contributed by atoms with Crippen molar-refractivity contribution in [2.75, 3.05) is 26.2 Å². The van der Waals surface area contributed by atoms with E-state index in [-0.39, 0.29) is 0 Å². The van der Waals surface area contributed by atoms with Gasteiger partial charge in [-0.3, -0.25) is 10.00 Å². The van der Waals surface area contributed by atoms with Gasteiger partial charge >= 0.3 is 0 Å². The van der Waals surface area contributed by atoms with Crippen LogP contribution in [0.1, 0.15) is 30.0 Å². The first-order chi connectivity index (χ1) is 11.3. The molecule has 0 spiro atoms. The highest BCUT2D eigenvalue weighted by atomic mass is 35.5. The monoisotopic (exact) mass is 329 g/mol. The lowest BCUT2D eigenvalue weighted by molar-refractivity contribution is 0.217. The molecule has 120 valence electrons. The van der Waals surface area contributed by atoms with Gasteiger partial charge in [0, 0.05) is 34.9 Å². The van der Waals surface area contributed by atoms with Crippen LogP contribution >= 0.6 is 11.6 Å². The van der Waals surface area contributed by atoms with Crippen molar-refractivity contribution in [3.63, 3.8) is 0 Å². The minimum Gasteiger partial charge on any atom is -0.489 e. The third-order valence-electron chi connectivity index (χ3n) is 4.72. The Bertz CT molecular complexity index is 703. The molecule has 4 nitrogen and oxygen atoms in total. The lowest BCUT2D eigenvalue weighted by Gasteiger charge is -2.32. The summed E-state index contributed by atoms with van der Waals surface area (Å²) in [7, 11) is 0. The number of nitrogens with one attached hydrogen (secondary N) is 1. The molecule has 1 fully saturated rings. The fourth-order valence-electron chi connectivity index (χ4n) is 3.47. The zero-order chi connectivity index (χ0) is 15.6. The van der Waals surface area contributed by atoms with Gasteiger partial charge in [-0.15, -0.1) is 0 Å². The summed E-state index contributed by atoms with van der Waals surface area (Å²) in [5, 5.41) is 7.93. The van der Waals surface area contributed by atoms with E-state index in [1.54, 1.807) is 0 Å². The number of hydrogen-bond acceptors (Lipinski definition) is 3. The Hall–Kier alpha value is -1.78. The average molecular weight is 330 g/mol. The third-order valence-corrected chi connectivity index (χ3v) is 4.96. The van der Waals surface area contributed by atoms with E-state index in [4.69, 9.17) is 16.3 Å². The predicted molar refractivity (Wildman–Crippen MR) is 91.9 cm³/mol. The molecule has 3 heterocycles. The van der Waals surface area contributed by atoms with E-state index in [9.17, 15) is 0 Å². The molecular formula is C18H20ClN3O. The van der Waals surface area contributed by atoms with Crippen molar-refractivity contribution < 1.29 is 4.74 Å². The quantitative estimate of drug-likeness (QED) is 0.933. The number of rotatable bonds is 3. The normalized spacial score (nSPS) is 19.1. The van der Waals surface area contributed by atoms with E-state index < -0.39 is 0 Å². The van der Waals surface area contributed by atoms with E-state index in [2.05, 4.69) is 27.2 Å². The molecule has 0 bridgehead atoms. The molecule has 23 heavy (non-hydrogen) atoms. The number of aromatic nitrogens is 2. The summed E-state index contributed by atoms with van der Waals surface area (Å²) in [6, 6.07) is 7.89. The zero-order valence-electron chi connectivity index (χ0n) is 13.0. The summed E-state index contributed by atoms with van der Waals surface area (Å²) < 4.78 is 5.85. The van der Waals surface area contributed by atoms with Crippen molar-refractivity contribution in [1.82, 2.24) is 15.1 Å². The van der Waals surface area contributed by atoms with Crippen molar-refractivity contribution in [2.24, 2.45) is 0 Å². The van der Waals surface area contributed by atoms with Gasteiger partial charge in [0.25, 0.3) is 0 Å². The van der Waals surface area contributed by atoms with Crippen LogP contribution in [0.5, 0.6) is 5.75 Å². The van der Waals surface area contributed by atoms with Gasteiger partial charge in [0.15, 0.2) is 0 Å². The Kier molecular flexibility index (Phi) is 4.10. The number of benzene rings is 1. The molecule has 0 aliphatic carbocycles. The molecule has 0 unspecified atom stereocenters. The molecule has 1 aromatic carbocycles. The highest BCUT2D eigenvalue weighted by Gasteiger charge is 2.23. The number of fused-ring (bicyclic) bond motifs is 1. The SMILES string of the molecule is Clc1ccc2c(c1)C=C(CN1CCC(c3ccn[nH]3)CC1)CO2. The smallest absolute Gasteiger partial charge is 0.127 e. The summed E-state index contributed by atoms with van der Waals surface area (Å²) >= 11 is 6.08. The van der Waals surface area contributed by atoms with Gasteiger partial charge in [0.1, 0.15) is 12.4 Å². The highest BCUT2D eigenvalue weighted by molar-refractivity contribution is 6.30. The molecule has 2 aromatic rings. The van der Waals surface area contributed by atoms with Crippen molar-refractivity contribution in [2.45, 2.75) is 18.8 Å². The van der Waals surface area contributed by atoms with Crippen LogP contribution in [0.3, 0.4) is 0 Å². The first kappa shape index (κ1) is 14.8. The van der Waals surface area contributed by atoms with Crippen molar-refractivity contribution >= 4 is 17.7 Å². The summed E-state index contributed by atoms with van der Waals surface area (Å²) in [5.41, 5.74) is 3.68. The second-order valence-corrected chi connectivity index (χ2v) is 6.77. The van der Waals surface area contributed by atoms with Gasteiger partial charge in [-0.2, -0.15) is 5.10 Å². The summed E-state index contributed by atoms with van der Waals surface area (Å²) in [4.78, 5) is 2.51. The van der Waals surface area contributed by atoms with Crippen LogP contribution in [0.15, 0.2) is 36.0 Å². The number of H-pyrrole nitrogens is 1. The minimum absolute atomic E-state index is 0.616. The van der Waals surface area contributed by atoms with E-state index in [1.165, 1.54) is 24.1 Å². The molecule has 0 saturated carbocycles. The Morgan fingerprint density at radius 2 is 2.13 bits per heavy atom. The minimum atomic E-state index is 0.616. The fraction of sp³-hybridized carbons (Fsp3) is 0.389. The standard InChI is InChI=1S/C18H20ClN3O/c19-16-1-2-18-15(10-16)9-13(12-23-18)11-22-7-4-14(5-8-22)17-3-6-20-21-17/h1-3,6,9-10,14H,4-5,7-8,11-12H2,(H,20,21). The van der Waals surface area contributed by atoms with Gasteiger partial charge in [0.2, 0.25) is 0 Å². The molecule has 1 saturated heterocycles. The topological polar surface area (TPSA) is 41.2 Å². The molecule has 4 rings (SSSR count). The number of ether oxygens (including phenoxy) is 1. The van der Waals surface area contributed by atoms with Gasteiger partial charge < -0.3 is 4.74 Å². The van der Waals surface area contributed by atoms with E-state index in [1.807, 2.05) is 24.4 Å². The maximum atomic E-state index is 6.08. The van der Waals surface area contributed by atoms with E-state index in [0.29, 0.717) is 12.5 Å². The maximum Gasteiger partial charge on any atom is 0.127 e. The summed E-state index contributed by atoms with van der Waals surface area (Å²) in [6.45, 7) is 3.88. The highest BCUT2D eigenvalue weighted by Crippen LogP contribution is 2.30. The second-order valence-electron chi connectivity index (χ2n) is 6.34. The van der Waals surface area contributed by atoms with Crippen LogP contribution in [0, 0.1) is 0 Å². The van der Waals surface area contributed by atoms with Gasteiger partial charge in [-0.05, 0) is 61.8 Å². The van der Waals surface area contributed by atoms with E-state index in [0.717, 1.165) is 36.0 Å². The first-order valence-corrected chi connectivity index (χ1v) is 8.49. The molecule has 2 aliphatic rings. The molecule has 0 atom stereocenters. The Morgan fingerprint density at radius 3 is 2.91 bits per heavy atom. The Labute approximate surface area is 141 Å². The Balaban J connectivity index is 1.38. The number of piperidine rings is 1. The molecule has 1 aromatic heterocycles. The molecule has 5 heteroatoms. The van der Waals surface area contributed by atoms with Crippen LogP contribution in [0.25, 0.3) is 6.08 Å². The van der Waals surface area contributed by atoms with Crippen LogP contribution < -0.4 is 4.74 Å². The van der Waals surface area contributed by atoms with Crippen LogP contribution in [-0.2, 0) is 0 Å². The zero-order valence-corrected chi connectivity index (χ0v) is 13.7. The number of nitrogens with zero attached hydrogens (tertiary/aromatic N) is 2. The number of aromatic amines is 1. The lowest BCUT2D eigenvalue weighted by atomic mass is 9.93. The van der Waals surface area contributed by atoms with Crippen LogP contribution in [0.2, 0.25) is 5.02 Å². The molecule has 2 aliphatic heterocycles. The first-order valence-electron chi connectivity index (χ1n) is 8.11. The van der Waals surface area contributed by atoms with Gasteiger partial charge in [-0.25, -0.2) is 0 Å². The lowest BCUT2D eigenvalue weighted by Crippen LogP contribution is -2.35. The number of likely N-dealkylation sites (tertiary alicyclic amines) is 1. The maximum absolute atomic E-state index is 6.08. The van der Waals surface area contributed by atoms with Crippen molar-refractivity contribution in [1.29, 1.82) is 0 Å². The fourth-order valence-corrected chi connectivity index (χ4v) is 3.65. The molecule has 0 amide bonds. The third kappa shape index (κ3) is 3.28. The van der Waals surface area contributed by atoms with Crippen molar-refractivity contribution in [3.8, 4) is 5.75 Å². The van der Waals surface area contributed by atoms with Gasteiger partial charge in [0.05, 0.1) is 0 Å². The van der Waals surface area contributed by atoms with Gasteiger partial charge in [-0.1, -0.05) is 11.6 Å². The number of halogens is 1. The largest absolute Gasteiger partial charge is 0.489 e. The summed E-state index contributed by atoms with van der Waals surface area (Å²) in [5.74, 6) is 1.54. The molecule has 0 radical (unpaired) electrons. The predicted octanol–water partition coefficient (Wildman–Crippen LogP) is 3.72. The summed E-state index contributed by atoms with van der Waals surface area (Å²) in [6.07, 6.45) is 6.43. The molecule has 1 N–H and O–H groups in total. The Morgan fingerprint density at radius 1 is 1.26 bits per heavy atom. The van der Waals surface area contributed by atoms with E-state index >= 15 is 0 Å². The van der Waals surface area contributed by atoms with Crippen LogP contribution in [-0.4, -0.2) is 41.3 Å². The average Bonchev–Trinajstić information content (AvgIpc) is 3.10. The molecular weight excluding hydrogens is 310 g/mol.